The molecule has 146 valence electrons. The van der Waals surface area contributed by atoms with Crippen LogP contribution in [0, 0.1) is 6.92 Å². The molecule has 0 fully saturated rings. The van der Waals surface area contributed by atoms with E-state index in [9.17, 15) is 0 Å². The van der Waals surface area contributed by atoms with Gasteiger partial charge in [0, 0.05) is 36.6 Å². The first-order valence-corrected chi connectivity index (χ1v) is 9.46. The van der Waals surface area contributed by atoms with E-state index in [2.05, 4.69) is 34.8 Å². The monoisotopic (exact) mass is 388 g/mol. The molecule has 4 heterocycles. The summed E-state index contributed by atoms with van der Waals surface area (Å²) in [5.74, 6) is 2.69. The van der Waals surface area contributed by atoms with Gasteiger partial charge in [0.1, 0.15) is 0 Å². The van der Waals surface area contributed by atoms with E-state index in [1.807, 2.05) is 37.3 Å². The van der Waals surface area contributed by atoms with Crippen LogP contribution in [-0.2, 0) is 13.1 Å². The van der Waals surface area contributed by atoms with Gasteiger partial charge in [-0.25, -0.2) is 0 Å². The molecule has 0 amide bonds. The molecule has 9 heteroatoms. The van der Waals surface area contributed by atoms with Crippen LogP contribution in [-0.4, -0.2) is 36.4 Å². The first-order valence-electron chi connectivity index (χ1n) is 9.46. The quantitative estimate of drug-likeness (QED) is 0.568. The lowest BCUT2D eigenvalue weighted by molar-refractivity contribution is 0.420. The lowest BCUT2D eigenvalue weighted by atomic mass is 10.1. The van der Waals surface area contributed by atoms with E-state index in [1.54, 1.807) is 12.4 Å². The highest BCUT2D eigenvalue weighted by atomic mass is 16.5. The van der Waals surface area contributed by atoms with Crippen LogP contribution in [0.25, 0.3) is 22.8 Å². The van der Waals surface area contributed by atoms with Gasteiger partial charge in [-0.15, -0.1) is 10.2 Å². The number of aromatic nitrogens is 6. The number of fused-ring (bicyclic) bond motifs is 1. The minimum absolute atomic E-state index is 0.503. The standard InChI is InChI=1S/C20H20N8O/c1-13-4-2-5-14(8-13)19-23-17(26-29-19)12-27-6-3-7-28-18(24-25-20(27)28)15-9-16(21)11-22-10-15/h2,4-5,8-11H,3,6-7,12,21H2,1H3. The highest BCUT2D eigenvalue weighted by Crippen LogP contribution is 2.28. The van der Waals surface area contributed by atoms with Gasteiger partial charge in [0.2, 0.25) is 5.95 Å². The molecule has 0 atom stereocenters. The zero-order chi connectivity index (χ0) is 19.8. The summed E-state index contributed by atoms with van der Waals surface area (Å²) in [6, 6.07) is 9.87. The zero-order valence-electron chi connectivity index (χ0n) is 16.0. The maximum atomic E-state index is 5.87. The smallest absolute Gasteiger partial charge is 0.257 e. The highest BCUT2D eigenvalue weighted by molar-refractivity contribution is 5.61. The maximum Gasteiger partial charge on any atom is 0.257 e. The molecule has 1 aliphatic rings. The van der Waals surface area contributed by atoms with Crippen LogP contribution in [0.5, 0.6) is 0 Å². The van der Waals surface area contributed by atoms with Crippen molar-refractivity contribution < 1.29 is 4.52 Å². The van der Waals surface area contributed by atoms with Crippen LogP contribution in [0.1, 0.15) is 17.8 Å². The Morgan fingerprint density at radius 2 is 2.03 bits per heavy atom. The summed E-state index contributed by atoms with van der Waals surface area (Å²) in [6.45, 7) is 4.23. The Kier molecular flexibility index (Phi) is 4.19. The molecule has 1 aliphatic heterocycles. The minimum Gasteiger partial charge on any atom is -0.397 e. The molecule has 0 unspecified atom stereocenters. The van der Waals surface area contributed by atoms with Gasteiger partial charge in [0.15, 0.2) is 11.6 Å². The van der Waals surface area contributed by atoms with Crippen molar-refractivity contribution in [2.24, 2.45) is 0 Å². The van der Waals surface area contributed by atoms with Gasteiger partial charge >= 0.3 is 0 Å². The fourth-order valence-corrected chi connectivity index (χ4v) is 3.58. The minimum atomic E-state index is 0.503. The van der Waals surface area contributed by atoms with Gasteiger partial charge in [-0.2, -0.15) is 4.98 Å². The fraction of sp³-hybridized carbons (Fsp3) is 0.250. The highest BCUT2D eigenvalue weighted by Gasteiger charge is 2.25. The summed E-state index contributed by atoms with van der Waals surface area (Å²) >= 11 is 0. The van der Waals surface area contributed by atoms with Gasteiger partial charge in [-0.1, -0.05) is 22.9 Å². The SMILES string of the molecule is Cc1cccc(-c2nc(CN3CCCn4c(-c5cncc(N)c5)nnc43)no2)c1. The van der Waals surface area contributed by atoms with Crippen LogP contribution in [0.4, 0.5) is 11.6 Å². The molecule has 0 radical (unpaired) electrons. The molecule has 2 N–H and O–H groups in total. The molecule has 1 aromatic carbocycles. The van der Waals surface area contributed by atoms with Crippen molar-refractivity contribution in [1.82, 2.24) is 29.9 Å². The first kappa shape index (κ1) is 17.4. The molecular weight excluding hydrogens is 368 g/mol. The fourth-order valence-electron chi connectivity index (χ4n) is 3.58. The van der Waals surface area contributed by atoms with E-state index in [-0.39, 0.29) is 0 Å². The van der Waals surface area contributed by atoms with E-state index in [1.165, 1.54) is 0 Å². The molecule has 0 saturated heterocycles. The lowest BCUT2D eigenvalue weighted by Crippen LogP contribution is -2.32. The Morgan fingerprint density at radius 3 is 2.90 bits per heavy atom. The van der Waals surface area contributed by atoms with E-state index in [0.29, 0.717) is 23.9 Å². The van der Waals surface area contributed by atoms with Crippen LogP contribution in [0.3, 0.4) is 0 Å². The molecule has 9 nitrogen and oxygen atoms in total. The second kappa shape index (κ2) is 7.01. The Balaban J connectivity index is 1.41. The third-order valence-corrected chi connectivity index (χ3v) is 4.91. The van der Waals surface area contributed by atoms with E-state index < -0.39 is 0 Å². The number of benzene rings is 1. The first-order chi connectivity index (χ1) is 14.2. The summed E-state index contributed by atoms with van der Waals surface area (Å²) < 4.78 is 7.55. The summed E-state index contributed by atoms with van der Waals surface area (Å²) in [5.41, 5.74) is 9.39. The Hall–Kier alpha value is -3.75. The summed E-state index contributed by atoms with van der Waals surface area (Å²) in [4.78, 5) is 10.8. The van der Waals surface area contributed by atoms with Gasteiger partial charge in [0.25, 0.3) is 5.89 Å². The summed E-state index contributed by atoms with van der Waals surface area (Å²) in [6.07, 6.45) is 4.33. The largest absolute Gasteiger partial charge is 0.397 e. The second-order valence-electron chi connectivity index (χ2n) is 7.14. The average molecular weight is 388 g/mol. The third kappa shape index (κ3) is 3.31. The van der Waals surface area contributed by atoms with Crippen molar-refractivity contribution in [3.63, 3.8) is 0 Å². The molecule has 0 saturated carbocycles. The van der Waals surface area contributed by atoms with Crippen LogP contribution in [0.2, 0.25) is 0 Å². The zero-order valence-corrected chi connectivity index (χ0v) is 16.0. The number of anilines is 2. The number of nitrogen functional groups attached to an aromatic ring is 1. The predicted octanol–water partition coefficient (Wildman–Crippen LogP) is 2.69. The molecule has 0 spiro atoms. The molecule has 0 bridgehead atoms. The van der Waals surface area contributed by atoms with Gasteiger partial charge < -0.3 is 15.2 Å². The van der Waals surface area contributed by atoms with Gasteiger partial charge in [0.05, 0.1) is 12.2 Å². The number of rotatable bonds is 4. The molecule has 4 aromatic rings. The van der Waals surface area contributed by atoms with Crippen molar-refractivity contribution >= 4 is 11.6 Å². The number of pyridine rings is 1. The number of aryl methyl sites for hydroxylation is 1. The van der Waals surface area contributed by atoms with Crippen LogP contribution >= 0.6 is 0 Å². The molecule has 5 rings (SSSR count). The topological polar surface area (TPSA) is 112 Å². The summed E-state index contributed by atoms with van der Waals surface area (Å²) in [5, 5.41) is 12.9. The maximum absolute atomic E-state index is 5.87. The summed E-state index contributed by atoms with van der Waals surface area (Å²) in [7, 11) is 0. The number of hydrogen-bond donors (Lipinski definition) is 1. The van der Waals surface area contributed by atoms with Gasteiger partial charge in [-0.05, 0) is 31.5 Å². The Labute approximate surface area is 167 Å². The van der Waals surface area contributed by atoms with Crippen molar-refractivity contribution in [1.29, 1.82) is 0 Å². The van der Waals surface area contributed by atoms with E-state index in [0.717, 1.165) is 48.0 Å². The van der Waals surface area contributed by atoms with Crippen LogP contribution in [0.15, 0.2) is 47.2 Å². The van der Waals surface area contributed by atoms with E-state index >= 15 is 0 Å². The van der Waals surface area contributed by atoms with Gasteiger partial charge in [-0.3, -0.25) is 9.55 Å². The Morgan fingerprint density at radius 1 is 1.10 bits per heavy atom. The lowest BCUT2D eigenvalue weighted by Gasteiger charge is -2.27. The Bertz CT molecular complexity index is 1160. The third-order valence-electron chi connectivity index (χ3n) is 4.91. The van der Waals surface area contributed by atoms with E-state index in [4.69, 9.17) is 10.3 Å². The van der Waals surface area contributed by atoms with Crippen molar-refractivity contribution in [2.45, 2.75) is 26.4 Å². The average Bonchev–Trinajstić information content (AvgIpc) is 3.36. The molecule has 0 aliphatic carbocycles. The van der Waals surface area contributed by atoms with Crippen molar-refractivity contribution in [3.05, 3.63) is 54.1 Å². The van der Waals surface area contributed by atoms with Crippen LogP contribution < -0.4 is 10.6 Å². The van der Waals surface area contributed by atoms with Crippen molar-refractivity contribution in [3.8, 4) is 22.8 Å². The number of hydrogen-bond acceptors (Lipinski definition) is 8. The van der Waals surface area contributed by atoms with Crippen molar-refractivity contribution in [2.75, 3.05) is 17.2 Å². The number of nitrogens with two attached hydrogens (primary N) is 1. The molecular formula is C20H20N8O. The second-order valence-corrected chi connectivity index (χ2v) is 7.14. The predicted molar refractivity (Wildman–Crippen MR) is 108 cm³/mol. The molecule has 29 heavy (non-hydrogen) atoms. The normalized spacial score (nSPS) is 13.5. The molecule has 3 aromatic heterocycles. The number of nitrogens with zero attached hydrogens (tertiary/aromatic N) is 7.